The molecule has 0 spiro atoms. The summed E-state index contributed by atoms with van der Waals surface area (Å²) in [5.74, 6) is 1.62. The number of carbonyl (C=O) groups is 1. The van der Waals surface area contributed by atoms with Crippen LogP contribution in [0.2, 0.25) is 0 Å². The third-order valence-corrected chi connectivity index (χ3v) is 6.59. The first-order chi connectivity index (χ1) is 17.4. The molecule has 0 aliphatic carbocycles. The van der Waals surface area contributed by atoms with Gasteiger partial charge in [0.15, 0.2) is 0 Å². The number of ether oxygens (including phenoxy) is 2. The molecule has 7 heteroatoms. The second kappa shape index (κ2) is 11.9. The van der Waals surface area contributed by atoms with Gasteiger partial charge in [-0.15, -0.1) is 0 Å². The van der Waals surface area contributed by atoms with Gasteiger partial charge in [0.25, 0.3) is 0 Å². The zero-order chi connectivity index (χ0) is 25.5. The van der Waals surface area contributed by atoms with E-state index in [4.69, 9.17) is 9.47 Å². The molecule has 0 atom stereocenters. The third-order valence-electron chi connectivity index (χ3n) is 6.59. The molecular weight excluding hydrogens is 452 g/mol. The summed E-state index contributed by atoms with van der Waals surface area (Å²) in [5, 5.41) is 4.54. The van der Waals surface area contributed by atoms with Gasteiger partial charge in [0, 0.05) is 62.7 Å². The number of aryl methyl sites for hydroxylation is 3. The predicted molar refractivity (Wildman–Crippen MR) is 142 cm³/mol. The van der Waals surface area contributed by atoms with Crippen LogP contribution in [0.3, 0.4) is 0 Å². The van der Waals surface area contributed by atoms with E-state index in [1.54, 1.807) is 13.2 Å². The van der Waals surface area contributed by atoms with Crippen molar-refractivity contribution in [1.29, 1.82) is 0 Å². The Labute approximate surface area is 213 Å². The molecule has 1 saturated heterocycles. The van der Waals surface area contributed by atoms with Gasteiger partial charge in [-0.25, -0.2) is 0 Å². The smallest absolute Gasteiger partial charge is 0.246 e. The van der Waals surface area contributed by atoms with E-state index in [-0.39, 0.29) is 5.91 Å². The number of hydrogen-bond donors (Lipinski definition) is 0. The fourth-order valence-electron chi connectivity index (χ4n) is 4.33. The maximum Gasteiger partial charge on any atom is 0.246 e. The van der Waals surface area contributed by atoms with Crippen molar-refractivity contribution < 1.29 is 14.3 Å². The van der Waals surface area contributed by atoms with Gasteiger partial charge in [-0.2, -0.15) is 5.10 Å². The standard InChI is InChI=1S/C29H36N4O3/c1-5-33-20-26(23(3)30-33)19-31-14-16-32(17-15-31)29(34)13-9-24-8-12-28(35-4)25(18-24)21-36-27-10-6-22(2)7-11-27/h6-13,18,20H,5,14-17,19,21H2,1-4H3/b13-9+. The average molecular weight is 489 g/mol. The van der Waals surface area contributed by atoms with Gasteiger partial charge in [-0.3, -0.25) is 14.4 Å². The number of benzene rings is 2. The Balaban J connectivity index is 1.31. The van der Waals surface area contributed by atoms with Gasteiger partial charge < -0.3 is 14.4 Å². The van der Waals surface area contributed by atoms with Crippen LogP contribution in [0.1, 0.15) is 34.9 Å². The van der Waals surface area contributed by atoms with Crippen molar-refractivity contribution >= 4 is 12.0 Å². The number of rotatable bonds is 9. The SMILES string of the molecule is CCn1cc(CN2CCN(C(=O)/C=C/c3ccc(OC)c(COc4ccc(C)cc4)c3)CC2)c(C)n1. The van der Waals surface area contributed by atoms with E-state index in [1.807, 2.05) is 65.0 Å². The lowest BCUT2D eigenvalue weighted by Gasteiger charge is -2.34. The number of aromatic nitrogens is 2. The first-order valence-electron chi connectivity index (χ1n) is 12.5. The molecule has 7 nitrogen and oxygen atoms in total. The summed E-state index contributed by atoms with van der Waals surface area (Å²) in [6.45, 7) is 11.5. The summed E-state index contributed by atoms with van der Waals surface area (Å²) >= 11 is 0. The lowest BCUT2D eigenvalue weighted by Crippen LogP contribution is -2.47. The summed E-state index contributed by atoms with van der Waals surface area (Å²) < 4.78 is 13.4. The molecular formula is C29H36N4O3. The van der Waals surface area contributed by atoms with E-state index in [2.05, 4.69) is 30.0 Å². The number of methoxy groups -OCH3 is 1. The number of amides is 1. The van der Waals surface area contributed by atoms with Crippen molar-refractivity contribution in [2.24, 2.45) is 0 Å². The molecule has 4 rings (SSSR count). The van der Waals surface area contributed by atoms with Crippen LogP contribution >= 0.6 is 0 Å². The van der Waals surface area contributed by atoms with Crippen LogP contribution < -0.4 is 9.47 Å². The summed E-state index contributed by atoms with van der Waals surface area (Å²) in [5.41, 5.74) is 5.41. The van der Waals surface area contributed by atoms with Crippen molar-refractivity contribution in [1.82, 2.24) is 19.6 Å². The molecule has 0 unspecified atom stereocenters. The topological polar surface area (TPSA) is 59.8 Å². The number of piperazine rings is 1. The average Bonchev–Trinajstić information content (AvgIpc) is 3.26. The zero-order valence-electron chi connectivity index (χ0n) is 21.7. The fraction of sp³-hybridized carbons (Fsp3) is 0.379. The van der Waals surface area contributed by atoms with Crippen molar-refractivity contribution in [2.45, 2.75) is 40.5 Å². The van der Waals surface area contributed by atoms with Gasteiger partial charge >= 0.3 is 0 Å². The number of nitrogens with zero attached hydrogens (tertiary/aromatic N) is 4. The molecule has 1 fully saturated rings. The van der Waals surface area contributed by atoms with Crippen LogP contribution in [0, 0.1) is 13.8 Å². The van der Waals surface area contributed by atoms with E-state index in [0.717, 1.165) is 67.6 Å². The number of hydrogen-bond acceptors (Lipinski definition) is 5. The summed E-state index contributed by atoms with van der Waals surface area (Å²) in [7, 11) is 1.65. The Morgan fingerprint density at radius 3 is 2.44 bits per heavy atom. The summed E-state index contributed by atoms with van der Waals surface area (Å²) in [6.07, 6.45) is 5.66. The van der Waals surface area contributed by atoms with E-state index >= 15 is 0 Å². The normalized spacial score (nSPS) is 14.4. The highest BCUT2D eigenvalue weighted by atomic mass is 16.5. The fourth-order valence-corrected chi connectivity index (χ4v) is 4.33. The Kier molecular flexibility index (Phi) is 8.44. The maximum atomic E-state index is 12.8. The zero-order valence-corrected chi connectivity index (χ0v) is 21.7. The Hall–Kier alpha value is -3.58. The van der Waals surface area contributed by atoms with E-state index in [0.29, 0.717) is 6.61 Å². The molecule has 1 aromatic heterocycles. The van der Waals surface area contributed by atoms with Crippen molar-refractivity contribution in [3.8, 4) is 11.5 Å². The van der Waals surface area contributed by atoms with Crippen LogP contribution in [0.25, 0.3) is 6.08 Å². The molecule has 3 aromatic rings. The monoisotopic (exact) mass is 488 g/mol. The Bertz CT molecular complexity index is 1190. The predicted octanol–water partition coefficient (Wildman–Crippen LogP) is 4.47. The molecule has 1 amide bonds. The minimum Gasteiger partial charge on any atom is -0.496 e. The first kappa shape index (κ1) is 25.5. The minimum atomic E-state index is 0.0397. The molecule has 0 radical (unpaired) electrons. The number of carbonyl (C=O) groups excluding carboxylic acids is 1. The van der Waals surface area contributed by atoms with E-state index in [1.165, 1.54) is 11.1 Å². The lowest BCUT2D eigenvalue weighted by atomic mass is 10.1. The minimum absolute atomic E-state index is 0.0397. The molecule has 36 heavy (non-hydrogen) atoms. The van der Waals surface area contributed by atoms with Gasteiger partial charge in [-0.05, 0) is 56.7 Å². The lowest BCUT2D eigenvalue weighted by molar-refractivity contribution is -0.127. The molecule has 2 heterocycles. The van der Waals surface area contributed by atoms with E-state index < -0.39 is 0 Å². The van der Waals surface area contributed by atoms with Gasteiger partial charge in [0.2, 0.25) is 5.91 Å². The second-order valence-corrected chi connectivity index (χ2v) is 9.20. The summed E-state index contributed by atoms with van der Waals surface area (Å²) in [6, 6.07) is 13.9. The largest absolute Gasteiger partial charge is 0.496 e. The Morgan fingerprint density at radius 2 is 1.78 bits per heavy atom. The highest BCUT2D eigenvalue weighted by Gasteiger charge is 2.20. The van der Waals surface area contributed by atoms with Crippen molar-refractivity contribution in [2.75, 3.05) is 33.3 Å². The second-order valence-electron chi connectivity index (χ2n) is 9.20. The van der Waals surface area contributed by atoms with E-state index in [9.17, 15) is 4.79 Å². The van der Waals surface area contributed by atoms with Gasteiger partial charge in [0.1, 0.15) is 18.1 Å². The molecule has 2 aromatic carbocycles. The van der Waals surface area contributed by atoms with Crippen LogP contribution in [0.5, 0.6) is 11.5 Å². The van der Waals surface area contributed by atoms with Crippen LogP contribution in [0.4, 0.5) is 0 Å². The maximum absolute atomic E-state index is 12.8. The molecule has 190 valence electrons. The van der Waals surface area contributed by atoms with Crippen molar-refractivity contribution in [3.63, 3.8) is 0 Å². The molecule has 0 bridgehead atoms. The molecule has 0 N–H and O–H groups in total. The highest BCUT2D eigenvalue weighted by molar-refractivity contribution is 5.91. The van der Waals surface area contributed by atoms with Crippen LogP contribution in [-0.2, 0) is 24.5 Å². The molecule has 1 aliphatic rings. The quantitative estimate of drug-likeness (QED) is 0.416. The van der Waals surface area contributed by atoms with Crippen LogP contribution in [0.15, 0.2) is 54.7 Å². The molecule has 0 saturated carbocycles. The summed E-state index contributed by atoms with van der Waals surface area (Å²) in [4.78, 5) is 17.1. The van der Waals surface area contributed by atoms with Crippen LogP contribution in [-0.4, -0.2) is 58.8 Å². The third kappa shape index (κ3) is 6.55. The van der Waals surface area contributed by atoms with Gasteiger partial charge in [-0.1, -0.05) is 23.8 Å². The molecule has 1 aliphatic heterocycles. The Morgan fingerprint density at radius 1 is 1.03 bits per heavy atom. The first-order valence-corrected chi connectivity index (χ1v) is 12.5. The highest BCUT2D eigenvalue weighted by Crippen LogP contribution is 2.23. The van der Waals surface area contributed by atoms with Crippen molar-refractivity contribution in [3.05, 3.63) is 82.7 Å². The van der Waals surface area contributed by atoms with Gasteiger partial charge in [0.05, 0.1) is 12.8 Å².